The average Bonchev–Trinajstić information content (AvgIpc) is 3.17. The zero-order chi connectivity index (χ0) is 17.9. The van der Waals surface area contributed by atoms with Gasteiger partial charge >= 0.3 is 0 Å². The zero-order valence-electron chi connectivity index (χ0n) is 15.2. The number of nitrogens with zero attached hydrogens (tertiary/aromatic N) is 1. The Labute approximate surface area is 159 Å². The first-order valence-electron chi connectivity index (χ1n) is 9.50. The van der Waals surface area contributed by atoms with Crippen LogP contribution in [0.1, 0.15) is 58.4 Å². The number of rotatable bonds is 7. The molecule has 1 amide bonds. The first-order valence-corrected chi connectivity index (χ1v) is 10.4. The van der Waals surface area contributed by atoms with E-state index >= 15 is 0 Å². The van der Waals surface area contributed by atoms with Gasteiger partial charge in [0.1, 0.15) is 5.75 Å². The fraction of sp³-hybridized carbons (Fsp3) is 0.476. The second-order valence-electron chi connectivity index (χ2n) is 7.22. The number of methoxy groups -OCH3 is 1. The molecule has 2 aromatic rings. The molecule has 1 saturated carbocycles. The summed E-state index contributed by atoms with van der Waals surface area (Å²) < 4.78 is 5.40. The Kier molecular flexibility index (Phi) is 5.27. The van der Waals surface area contributed by atoms with Gasteiger partial charge in [0.15, 0.2) is 0 Å². The van der Waals surface area contributed by atoms with Crippen LogP contribution in [0.25, 0.3) is 0 Å². The third-order valence-corrected chi connectivity index (χ3v) is 6.36. The summed E-state index contributed by atoms with van der Waals surface area (Å²) in [5.41, 5.74) is 2.45. The molecule has 1 aromatic carbocycles. The van der Waals surface area contributed by atoms with E-state index in [1.807, 2.05) is 17.5 Å². The number of ether oxygens (including phenoxy) is 1. The average molecular weight is 371 g/mol. The van der Waals surface area contributed by atoms with Gasteiger partial charge in [-0.15, -0.1) is 11.3 Å². The van der Waals surface area contributed by atoms with Gasteiger partial charge in [0, 0.05) is 6.54 Å². The number of nitrogens with one attached hydrogen (secondary N) is 1. The fourth-order valence-electron chi connectivity index (χ4n) is 3.85. The first kappa shape index (κ1) is 17.6. The molecular weight excluding hydrogens is 344 g/mol. The lowest BCUT2D eigenvalue weighted by atomic mass is 10.0. The van der Waals surface area contributed by atoms with Crippen LogP contribution in [0.3, 0.4) is 0 Å². The number of amides is 1. The van der Waals surface area contributed by atoms with Crippen LogP contribution in [-0.2, 0) is 0 Å². The normalized spacial score (nSPS) is 18.7. The van der Waals surface area contributed by atoms with Crippen molar-refractivity contribution < 1.29 is 9.53 Å². The fourth-order valence-corrected chi connectivity index (χ4v) is 4.75. The SMILES string of the molecule is COc1cccc(C(CNC(=O)c2sccc2C2CC2)N2CCCC2)c1. The Morgan fingerprint density at radius 2 is 2.12 bits per heavy atom. The van der Waals surface area contributed by atoms with Gasteiger partial charge < -0.3 is 10.1 Å². The Balaban J connectivity index is 1.49. The second-order valence-corrected chi connectivity index (χ2v) is 8.14. The summed E-state index contributed by atoms with van der Waals surface area (Å²) in [5, 5.41) is 5.25. The minimum Gasteiger partial charge on any atom is -0.497 e. The van der Waals surface area contributed by atoms with Crippen LogP contribution in [0.4, 0.5) is 0 Å². The van der Waals surface area contributed by atoms with Crippen LogP contribution in [0.5, 0.6) is 5.75 Å². The molecule has 1 saturated heterocycles. The molecule has 4 rings (SSSR count). The Morgan fingerprint density at radius 3 is 2.85 bits per heavy atom. The minimum atomic E-state index is 0.0778. The maximum absolute atomic E-state index is 12.8. The monoisotopic (exact) mass is 370 g/mol. The molecule has 26 heavy (non-hydrogen) atoms. The van der Waals surface area contributed by atoms with Gasteiger partial charge in [-0.2, -0.15) is 0 Å². The molecule has 2 aliphatic rings. The van der Waals surface area contributed by atoms with Gasteiger partial charge in [-0.1, -0.05) is 12.1 Å². The van der Waals surface area contributed by atoms with Crippen LogP contribution < -0.4 is 10.1 Å². The molecule has 1 N–H and O–H groups in total. The number of thiophene rings is 1. The maximum Gasteiger partial charge on any atom is 0.261 e. The standard InChI is InChI=1S/C21H26N2O2S/c1-25-17-6-4-5-16(13-17)19(23-10-2-3-11-23)14-22-21(24)20-18(9-12-26-20)15-7-8-15/h4-6,9,12-13,15,19H,2-3,7-8,10-11,14H2,1H3,(H,22,24). The Hall–Kier alpha value is -1.85. The van der Waals surface area contributed by atoms with Crippen LogP contribution in [0.2, 0.25) is 0 Å². The van der Waals surface area contributed by atoms with Gasteiger partial charge in [-0.25, -0.2) is 0 Å². The molecule has 2 fully saturated rings. The summed E-state index contributed by atoms with van der Waals surface area (Å²) >= 11 is 1.57. The van der Waals surface area contributed by atoms with Crippen molar-refractivity contribution >= 4 is 17.2 Å². The third kappa shape index (κ3) is 3.79. The van der Waals surface area contributed by atoms with E-state index in [4.69, 9.17) is 4.74 Å². The van der Waals surface area contributed by atoms with E-state index in [0.717, 1.165) is 23.7 Å². The Morgan fingerprint density at radius 1 is 1.31 bits per heavy atom. The van der Waals surface area contributed by atoms with Crippen molar-refractivity contribution in [2.45, 2.75) is 37.6 Å². The summed E-state index contributed by atoms with van der Waals surface area (Å²) in [6, 6.07) is 10.5. The number of likely N-dealkylation sites (tertiary alicyclic amines) is 1. The lowest BCUT2D eigenvalue weighted by Crippen LogP contribution is -2.36. The van der Waals surface area contributed by atoms with Crippen LogP contribution in [-0.4, -0.2) is 37.6 Å². The van der Waals surface area contributed by atoms with Crippen molar-refractivity contribution in [3.63, 3.8) is 0 Å². The van der Waals surface area contributed by atoms with E-state index in [-0.39, 0.29) is 11.9 Å². The zero-order valence-corrected chi connectivity index (χ0v) is 16.1. The summed E-state index contributed by atoms with van der Waals surface area (Å²) in [6.45, 7) is 2.81. The molecule has 4 nitrogen and oxygen atoms in total. The summed E-state index contributed by atoms with van der Waals surface area (Å²) in [7, 11) is 1.70. The molecular formula is C21H26N2O2S. The smallest absolute Gasteiger partial charge is 0.261 e. The third-order valence-electron chi connectivity index (χ3n) is 5.44. The molecule has 5 heteroatoms. The molecule has 1 atom stereocenters. The second kappa shape index (κ2) is 7.80. The number of benzene rings is 1. The Bertz CT molecular complexity index is 763. The topological polar surface area (TPSA) is 41.6 Å². The van der Waals surface area contributed by atoms with Crippen molar-refractivity contribution in [3.8, 4) is 5.75 Å². The number of carbonyl (C=O) groups excluding carboxylic acids is 1. The highest BCUT2D eigenvalue weighted by Gasteiger charge is 2.30. The molecule has 1 aliphatic carbocycles. The van der Waals surface area contributed by atoms with Crippen LogP contribution in [0.15, 0.2) is 35.7 Å². The largest absolute Gasteiger partial charge is 0.497 e. The van der Waals surface area contributed by atoms with Crippen molar-refractivity contribution in [2.24, 2.45) is 0 Å². The lowest BCUT2D eigenvalue weighted by molar-refractivity contribution is 0.0941. The van der Waals surface area contributed by atoms with E-state index < -0.39 is 0 Å². The highest BCUT2D eigenvalue weighted by Crippen LogP contribution is 2.43. The van der Waals surface area contributed by atoms with E-state index in [9.17, 15) is 4.79 Å². The van der Waals surface area contributed by atoms with Gasteiger partial charge in [0.05, 0.1) is 18.0 Å². The molecule has 0 radical (unpaired) electrons. The number of hydrogen-bond donors (Lipinski definition) is 1. The quantitative estimate of drug-likeness (QED) is 0.794. The first-order chi connectivity index (χ1) is 12.8. The number of carbonyl (C=O) groups is 1. The van der Waals surface area contributed by atoms with E-state index in [0.29, 0.717) is 12.5 Å². The van der Waals surface area contributed by atoms with Gasteiger partial charge in [0.2, 0.25) is 0 Å². The predicted molar refractivity (Wildman–Crippen MR) is 105 cm³/mol. The summed E-state index contributed by atoms with van der Waals surface area (Å²) in [6.07, 6.45) is 4.89. The van der Waals surface area contributed by atoms with Gasteiger partial charge in [0.25, 0.3) is 5.91 Å². The molecule has 1 aliphatic heterocycles. The molecule has 1 aromatic heterocycles. The van der Waals surface area contributed by atoms with Crippen LogP contribution in [0, 0.1) is 0 Å². The molecule has 0 bridgehead atoms. The van der Waals surface area contributed by atoms with Crippen molar-refractivity contribution in [1.82, 2.24) is 10.2 Å². The van der Waals surface area contributed by atoms with Gasteiger partial charge in [-0.3, -0.25) is 9.69 Å². The molecule has 1 unspecified atom stereocenters. The van der Waals surface area contributed by atoms with Crippen molar-refractivity contribution in [2.75, 3.05) is 26.7 Å². The van der Waals surface area contributed by atoms with Crippen LogP contribution >= 0.6 is 11.3 Å². The highest BCUT2D eigenvalue weighted by molar-refractivity contribution is 7.12. The summed E-state index contributed by atoms with van der Waals surface area (Å²) in [4.78, 5) is 16.2. The summed E-state index contributed by atoms with van der Waals surface area (Å²) in [5.74, 6) is 1.55. The minimum absolute atomic E-state index is 0.0778. The maximum atomic E-state index is 12.8. The van der Waals surface area contributed by atoms with Gasteiger partial charge in [-0.05, 0) is 79.4 Å². The van der Waals surface area contributed by atoms with E-state index in [1.165, 1.54) is 36.8 Å². The van der Waals surface area contributed by atoms with E-state index in [1.54, 1.807) is 18.4 Å². The van der Waals surface area contributed by atoms with Crippen molar-refractivity contribution in [3.05, 3.63) is 51.7 Å². The molecule has 0 spiro atoms. The van der Waals surface area contributed by atoms with Crippen molar-refractivity contribution in [1.29, 1.82) is 0 Å². The predicted octanol–water partition coefficient (Wildman–Crippen LogP) is 4.20. The lowest BCUT2D eigenvalue weighted by Gasteiger charge is -2.28. The molecule has 138 valence electrons. The number of hydrogen-bond acceptors (Lipinski definition) is 4. The van der Waals surface area contributed by atoms with E-state index in [2.05, 4.69) is 28.4 Å². The highest BCUT2D eigenvalue weighted by atomic mass is 32.1. The molecule has 2 heterocycles.